The van der Waals surface area contributed by atoms with Gasteiger partial charge in [-0.2, -0.15) is 0 Å². The first-order chi connectivity index (χ1) is 13.0. The Bertz CT molecular complexity index is 1040. The van der Waals surface area contributed by atoms with E-state index in [2.05, 4.69) is 9.97 Å². The van der Waals surface area contributed by atoms with Crippen LogP contribution in [0, 0.1) is 13.8 Å². The van der Waals surface area contributed by atoms with Crippen molar-refractivity contribution in [2.75, 3.05) is 0 Å². The minimum atomic E-state index is -0.335. The fourth-order valence-corrected chi connectivity index (χ4v) is 4.64. The topological polar surface area (TPSA) is 72.0 Å². The molecule has 27 heavy (non-hydrogen) atoms. The molecule has 3 aromatic rings. The molecule has 0 spiro atoms. The summed E-state index contributed by atoms with van der Waals surface area (Å²) in [4.78, 5) is 33.8. The number of thiophene rings is 1. The molecule has 1 fully saturated rings. The number of hydrogen-bond donors (Lipinski definition) is 1. The molecule has 2 aromatic heterocycles. The second kappa shape index (κ2) is 7.27. The average Bonchev–Trinajstić information content (AvgIpc) is 3.00. The number of esters is 1. The standard InChI is InChI=1S/C21H22N2O3S/c1-12-8-10-14(11-9-12)18-22-19(24)16-13(2)17(27-20(16)23-18)21(25)26-15-6-4-3-5-7-15/h8-11,15H,3-7H2,1-2H3,(H,22,23,24). The number of nitrogens with zero attached hydrogens (tertiary/aromatic N) is 1. The Kier molecular flexibility index (Phi) is 4.83. The zero-order valence-electron chi connectivity index (χ0n) is 15.5. The third-order valence-corrected chi connectivity index (χ3v) is 6.30. The summed E-state index contributed by atoms with van der Waals surface area (Å²) in [6.07, 6.45) is 5.25. The van der Waals surface area contributed by atoms with E-state index in [0.29, 0.717) is 26.5 Å². The van der Waals surface area contributed by atoms with Crippen LogP contribution < -0.4 is 5.56 Å². The maximum atomic E-state index is 12.7. The first-order valence-corrected chi connectivity index (χ1v) is 10.2. The van der Waals surface area contributed by atoms with Crippen molar-refractivity contribution >= 4 is 27.5 Å². The zero-order valence-corrected chi connectivity index (χ0v) is 16.3. The lowest BCUT2D eigenvalue weighted by atomic mass is 9.98. The normalized spacial score (nSPS) is 15.2. The van der Waals surface area contributed by atoms with Gasteiger partial charge in [0.1, 0.15) is 21.6 Å². The number of hydrogen-bond acceptors (Lipinski definition) is 5. The van der Waals surface area contributed by atoms with Crippen molar-refractivity contribution in [1.82, 2.24) is 9.97 Å². The van der Waals surface area contributed by atoms with Gasteiger partial charge in [0.05, 0.1) is 5.39 Å². The number of fused-ring (bicyclic) bond motifs is 1. The fraction of sp³-hybridized carbons (Fsp3) is 0.381. The third-order valence-electron chi connectivity index (χ3n) is 5.14. The summed E-state index contributed by atoms with van der Waals surface area (Å²) in [5.41, 5.74) is 2.42. The summed E-state index contributed by atoms with van der Waals surface area (Å²) < 4.78 is 5.69. The Morgan fingerprint density at radius 2 is 1.85 bits per heavy atom. The molecular weight excluding hydrogens is 360 g/mol. The maximum absolute atomic E-state index is 12.7. The maximum Gasteiger partial charge on any atom is 0.348 e. The molecule has 0 radical (unpaired) electrons. The van der Waals surface area contributed by atoms with Gasteiger partial charge in [0.2, 0.25) is 0 Å². The van der Waals surface area contributed by atoms with Gasteiger partial charge in [0, 0.05) is 5.56 Å². The van der Waals surface area contributed by atoms with Gasteiger partial charge in [-0.05, 0) is 45.1 Å². The van der Waals surface area contributed by atoms with Gasteiger partial charge in [-0.1, -0.05) is 36.2 Å². The van der Waals surface area contributed by atoms with Gasteiger partial charge < -0.3 is 9.72 Å². The van der Waals surface area contributed by atoms with E-state index in [9.17, 15) is 9.59 Å². The Morgan fingerprint density at radius 3 is 2.56 bits per heavy atom. The van der Waals surface area contributed by atoms with E-state index in [1.807, 2.05) is 31.2 Å². The molecule has 1 N–H and O–H groups in total. The lowest BCUT2D eigenvalue weighted by Crippen LogP contribution is -2.20. The van der Waals surface area contributed by atoms with E-state index in [-0.39, 0.29) is 17.6 Å². The highest BCUT2D eigenvalue weighted by molar-refractivity contribution is 7.20. The van der Waals surface area contributed by atoms with Crippen LogP contribution in [0.2, 0.25) is 0 Å². The molecule has 1 aliphatic carbocycles. The molecule has 1 aliphatic rings. The van der Waals surface area contributed by atoms with E-state index in [4.69, 9.17) is 4.74 Å². The van der Waals surface area contributed by atoms with Crippen molar-refractivity contribution in [3.63, 3.8) is 0 Å². The Hall–Kier alpha value is -2.47. The number of nitrogens with one attached hydrogen (secondary N) is 1. The zero-order chi connectivity index (χ0) is 19.0. The van der Waals surface area contributed by atoms with Gasteiger partial charge >= 0.3 is 5.97 Å². The molecule has 0 unspecified atom stereocenters. The van der Waals surface area contributed by atoms with E-state index < -0.39 is 0 Å². The summed E-state index contributed by atoms with van der Waals surface area (Å²) in [6.45, 7) is 3.80. The van der Waals surface area contributed by atoms with Crippen LogP contribution in [0.25, 0.3) is 21.6 Å². The van der Waals surface area contributed by atoms with Crippen LogP contribution in [0.4, 0.5) is 0 Å². The lowest BCUT2D eigenvalue weighted by molar-refractivity contribution is 0.0216. The highest BCUT2D eigenvalue weighted by Crippen LogP contribution is 2.30. The highest BCUT2D eigenvalue weighted by atomic mass is 32.1. The monoisotopic (exact) mass is 382 g/mol. The summed E-state index contributed by atoms with van der Waals surface area (Å²) in [5.74, 6) is 0.180. The largest absolute Gasteiger partial charge is 0.458 e. The average molecular weight is 382 g/mol. The Balaban J connectivity index is 1.70. The number of benzene rings is 1. The molecule has 5 nitrogen and oxygen atoms in total. The second-order valence-corrected chi connectivity index (χ2v) is 8.18. The number of ether oxygens (including phenoxy) is 1. The number of rotatable bonds is 3. The van der Waals surface area contributed by atoms with Gasteiger partial charge in [-0.3, -0.25) is 4.79 Å². The van der Waals surface area contributed by atoms with Crippen molar-refractivity contribution in [3.05, 3.63) is 50.6 Å². The molecular formula is C21H22N2O3S. The number of aromatic amines is 1. The first-order valence-electron chi connectivity index (χ1n) is 9.34. The number of aryl methyl sites for hydroxylation is 2. The van der Waals surface area contributed by atoms with Gasteiger partial charge in [-0.15, -0.1) is 11.3 Å². The van der Waals surface area contributed by atoms with Crippen LogP contribution in [0.15, 0.2) is 29.1 Å². The van der Waals surface area contributed by atoms with Crippen molar-refractivity contribution in [1.29, 1.82) is 0 Å². The van der Waals surface area contributed by atoms with Crippen molar-refractivity contribution in [2.24, 2.45) is 0 Å². The van der Waals surface area contributed by atoms with Crippen LogP contribution >= 0.6 is 11.3 Å². The van der Waals surface area contributed by atoms with Crippen molar-refractivity contribution < 1.29 is 9.53 Å². The Labute approximate surface area is 161 Å². The predicted molar refractivity (Wildman–Crippen MR) is 107 cm³/mol. The van der Waals surface area contributed by atoms with Crippen LogP contribution in [0.5, 0.6) is 0 Å². The van der Waals surface area contributed by atoms with Crippen LogP contribution in [0.1, 0.15) is 52.9 Å². The summed E-state index contributed by atoms with van der Waals surface area (Å²) >= 11 is 1.24. The molecule has 2 heterocycles. The van der Waals surface area contributed by atoms with E-state index >= 15 is 0 Å². The van der Waals surface area contributed by atoms with E-state index in [1.54, 1.807) is 6.92 Å². The fourth-order valence-electron chi connectivity index (χ4n) is 3.57. The third kappa shape index (κ3) is 3.54. The minimum absolute atomic E-state index is 0.00905. The minimum Gasteiger partial charge on any atom is -0.458 e. The van der Waals surface area contributed by atoms with Crippen molar-refractivity contribution in [3.8, 4) is 11.4 Å². The molecule has 0 bridgehead atoms. The van der Waals surface area contributed by atoms with Crippen LogP contribution in [-0.2, 0) is 4.74 Å². The number of carbonyl (C=O) groups excluding carboxylic acids is 1. The summed E-state index contributed by atoms with van der Waals surface area (Å²) in [6, 6.07) is 7.81. The molecule has 0 aliphatic heterocycles. The Morgan fingerprint density at radius 1 is 1.15 bits per heavy atom. The van der Waals surface area contributed by atoms with Crippen LogP contribution in [0.3, 0.4) is 0 Å². The smallest absolute Gasteiger partial charge is 0.348 e. The van der Waals surface area contributed by atoms with E-state index in [0.717, 1.165) is 36.8 Å². The number of H-pyrrole nitrogens is 1. The lowest BCUT2D eigenvalue weighted by Gasteiger charge is -2.21. The molecule has 4 rings (SSSR count). The molecule has 0 amide bonds. The molecule has 6 heteroatoms. The second-order valence-electron chi connectivity index (χ2n) is 7.18. The van der Waals surface area contributed by atoms with Crippen LogP contribution in [-0.4, -0.2) is 22.0 Å². The molecule has 0 atom stereocenters. The van der Waals surface area contributed by atoms with Gasteiger partial charge in [0.15, 0.2) is 0 Å². The van der Waals surface area contributed by atoms with Gasteiger partial charge in [0.25, 0.3) is 5.56 Å². The van der Waals surface area contributed by atoms with Crippen molar-refractivity contribution in [2.45, 2.75) is 52.1 Å². The highest BCUT2D eigenvalue weighted by Gasteiger charge is 2.24. The predicted octanol–water partition coefficient (Wildman–Crippen LogP) is 4.76. The summed E-state index contributed by atoms with van der Waals surface area (Å²) in [7, 11) is 0. The SMILES string of the molecule is Cc1ccc(-c2nc3sc(C(=O)OC4CCCCC4)c(C)c3c(=O)[nH]2)cc1. The quantitative estimate of drug-likeness (QED) is 0.663. The molecule has 1 saturated carbocycles. The number of carbonyl (C=O) groups is 1. The summed E-state index contributed by atoms with van der Waals surface area (Å²) in [5, 5.41) is 0.478. The molecule has 0 saturated heterocycles. The van der Waals surface area contributed by atoms with E-state index in [1.165, 1.54) is 17.8 Å². The molecule has 1 aromatic carbocycles. The first kappa shape index (κ1) is 17.9. The van der Waals surface area contributed by atoms with Gasteiger partial charge in [-0.25, -0.2) is 9.78 Å². The molecule has 140 valence electrons. The number of aromatic nitrogens is 2.